The van der Waals surface area contributed by atoms with Crippen molar-refractivity contribution in [3.8, 4) is 44.5 Å². The largest absolute Gasteiger partial charge is 0.354 e. The minimum atomic E-state index is 1.05. The van der Waals surface area contributed by atoms with Crippen LogP contribution in [0, 0.1) is 0 Å². The lowest BCUT2D eigenvalue weighted by Crippen LogP contribution is -2.14. The zero-order valence-electron chi connectivity index (χ0n) is 44.3. The molecule has 0 atom stereocenters. The van der Waals surface area contributed by atoms with Crippen molar-refractivity contribution in [3.05, 3.63) is 285 Å². The third kappa shape index (κ3) is 11.3. The van der Waals surface area contributed by atoms with Gasteiger partial charge in [-0.25, -0.2) is 0 Å². The van der Waals surface area contributed by atoms with E-state index in [9.17, 15) is 0 Å². The van der Waals surface area contributed by atoms with E-state index in [1.165, 1.54) is 134 Å². The Balaban J connectivity index is 0.000000102. The summed E-state index contributed by atoms with van der Waals surface area (Å²) in [5.41, 5.74) is 19.9. The van der Waals surface area contributed by atoms with Gasteiger partial charge in [0.05, 0.1) is 45.5 Å². The molecule has 12 aromatic carbocycles. The molecule has 4 N–H and O–H groups in total. The molecule has 0 radical (unpaired) electrons. The van der Waals surface area contributed by atoms with Gasteiger partial charge in [-0.3, -0.25) is 0 Å². The highest BCUT2D eigenvalue weighted by molar-refractivity contribution is 8.00. The number of benzene rings is 12. The molecule has 12 aromatic rings. The summed E-state index contributed by atoms with van der Waals surface area (Å²) < 4.78 is 0. The van der Waals surface area contributed by atoms with Crippen LogP contribution >= 0.6 is 47.0 Å². The quantitative estimate of drug-likeness (QED) is 0.130. The van der Waals surface area contributed by atoms with E-state index >= 15 is 0 Å². The molecule has 4 aliphatic heterocycles. The zero-order valence-corrected chi connectivity index (χ0v) is 49.5. The van der Waals surface area contributed by atoms with Gasteiger partial charge in [0.15, 0.2) is 0 Å². The van der Waals surface area contributed by atoms with E-state index in [2.05, 4.69) is 306 Å². The van der Waals surface area contributed by atoms with Gasteiger partial charge in [-0.1, -0.05) is 265 Å². The molecule has 9 heteroatoms. The number of rotatable bonds is 4. The summed E-state index contributed by atoms with van der Waals surface area (Å²) in [7, 11) is 1.05. The Labute approximate surface area is 494 Å². The van der Waals surface area contributed by atoms with Crippen LogP contribution in [0.25, 0.3) is 44.5 Å². The summed E-state index contributed by atoms with van der Waals surface area (Å²) in [6.07, 6.45) is 0. The van der Waals surface area contributed by atoms with E-state index < -0.39 is 0 Å². The van der Waals surface area contributed by atoms with Gasteiger partial charge in [0.25, 0.3) is 0 Å². The highest BCUT2D eigenvalue weighted by Gasteiger charge is 2.23. The smallest absolute Gasteiger partial charge is 0.0532 e. The molecule has 0 bridgehead atoms. The lowest BCUT2D eigenvalue weighted by Gasteiger charge is -2.25. The zero-order chi connectivity index (χ0) is 54.3. The second-order valence-corrected chi connectivity index (χ2v) is 24.8. The lowest BCUT2D eigenvalue weighted by molar-refractivity contribution is 1.31. The van der Waals surface area contributed by atoms with Gasteiger partial charge >= 0.3 is 0 Å². The molecule has 0 aromatic heterocycles. The van der Waals surface area contributed by atoms with Crippen molar-refractivity contribution in [2.75, 3.05) is 21.3 Å². The van der Waals surface area contributed by atoms with Crippen LogP contribution in [-0.2, 0) is 0 Å². The van der Waals surface area contributed by atoms with Crippen molar-refractivity contribution in [1.29, 1.82) is 0 Å². The van der Waals surface area contributed by atoms with Crippen LogP contribution in [0.3, 0.4) is 0 Å². The second kappa shape index (κ2) is 24.0. The standard InChI is InChI=1S/C18H15NSSi.3C18H13NS/c21-16-11-10-13(12-6-2-1-3-7-12)18-17(16)19-14-8-4-5-9-15(14)20-18;3*1-2-7-13(8-3-1)14-9-6-11-16-18(14)20-17-12-5-4-10-15(17)19-16/h1-11,19H,21H3;3*1-12,19H. The molecule has 0 aliphatic carbocycles. The molecule has 4 nitrogen and oxygen atoms in total. The van der Waals surface area contributed by atoms with Crippen LogP contribution in [0.2, 0.25) is 0 Å². The van der Waals surface area contributed by atoms with Crippen molar-refractivity contribution in [3.63, 3.8) is 0 Å². The Morgan fingerprint density at radius 1 is 0.210 bits per heavy atom. The van der Waals surface area contributed by atoms with E-state index in [0.29, 0.717) is 0 Å². The fourth-order valence-electron chi connectivity index (χ4n) is 10.2. The summed E-state index contributed by atoms with van der Waals surface area (Å²) in [6, 6.07) is 100. The molecule has 0 fully saturated rings. The van der Waals surface area contributed by atoms with Crippen LogP contribution in [0.15, 0.2) is 324 Å². The second-order valence-electron chi connectivity index (χ2n) is 19.5. The SMILES string of the molecule is [SiH3]c1ccc(-c2ccccc2)c2c1Nc1ccccc1S2.c1ccc(-c2cccc3c2Sc2ccccc2N3)cc1.c1ccc(-c2cccc3c2Sc2ccccc2N3)cc1.c1ccc(-c2cccc3c2Sc2ccccc2N3)cc1. The third-order valence-corrected chi connectivity index (χ3v) is 19.9. The number of anilines is 8. The number of fused-ring (bicyclic) bond motifs is 8. The number of nitrogens with one attached hydrogen (secondary N) is 4. The van der Waals surface area contributed by atoms with Crippen molar-refractivity contribution >= 4 is 108 Å². The van der Waals surface area contributed by atoms with Gasteiger partial charge in [-0.15, -0.1) is 0 Å². The molecule has 390 valence electrons. The van der Waals surface area contributed by atoms with Gasteiger partial charge < -0.3 is 21.3 Å². The average molecular weight is 1130 g/mol. The van der Waals surface area contributed by atoms with Gasteiger partial charge in [0.1, 0.15) is 0 Å². The van der Waals surface area contributed by atoms with Crippen molar-refractivity contribution < 1.29 is 0 Å². The normalized spacial score (nSPS) is 12.2. The van der Waals surface area contributed by atoms with Crippen LogP contribution in [-0.4, -0.2) is 10.2 Å². The number of hydrogen-bond donors (Lipinski definition) is 4. The first-order valence-electron chi connectivity index (χ1n) is 27.0. The van der Waals surface area contributed by atoms with E-state index in [-0.39, 0.29) is 0 Å². The van der Waals surface area contributed by atoms with Gasteiger partial charge in [0, 0.05) is 49.4 Å². The molecular formula is C72H54N4S4Si. The van der Waals surface area contributed by atoms with E-state index in [4.69, 9.17) is 0 Å². The molecule has 0 saturated heterocycles. The number of para-hydroxylation sites is 4. The molecule has 16 rings (SSSR count). The van der Waals surface area contributed by atoms with Crippen LogP contribution in [0.1, 0.15) is 0 Å². The monoisotopic (exact) mass is 1130 g/mol. The van der Waals surface area contributed by atoms with Gasteiger partial charge in [-0.2, -0.15) is 0 Å². The van der Waals surface area contributed by atoms with Gasteiger partial charge in [0.2, 0.25) is 0 Å². The van der Waals surface area contributed by atoms with E-state index in [1.54, 1.807) is 0 Å². The summed E-state index contributed by atoms with van der Waals surface area (Å²) in [4.78, 5) is 10.4. The van der Waals surface area contributed by atoms with Crippen LogP contribution < -0.4 is 26.5 Å². The molecule has 0 spiro atoms. The predicted octanol–water partition coefficient (Wildman–Crippen LogP) is 20.2. The Bertz CT molecular complexity index is 3880. The average Bonchev–Trinajstić information content (AvgIpc) is 3.62. The first-order chi connectivity index (χ1) is 40.1. The molecule has 0 amide bonds. The Hall–Kier alpha value is -8.54. The maximum atomic E-state index is 3.63. The molecule has 4 aliphatic rings. The Morgan fingerprint density at radius 3 is 0.802 bits per heavy atom. The van der Waals surface area contributed by atoms with Crippen molar-refractivity contribution in [2.45, 2.75) is 39.2 Å². The molecule has 0 saturated carbocycles. The highest BCUT2D eigenvalue weighted by Crippen LogP contribution is 2.52. The van der Waals surface area contributed by atoms with Crippen molar-refractivity contribution in [2.24, 2.45) is 0 Å². The highest BCUT2D eigenvalue weighted by atomic mass is 32.2. The first-order valence-corrected chi connectivity index (χ1v) is 31.2. The lowest BCUT2D eigenvalue weighted by atomic mass is 10.0. The minimum absolute atomic E-state index is 1.05. The summed E-state index contributed by atoms with van der Waals surface area (Å²) in [6.45, 7) is 0. The molecule has 4 heterocycles. The fraction of sp³-hybridized carbons (Fsp3) is 0. The maximum absolute atomic E-state index is 3.63. The third-order valence-electron chi connectivity index (χ3n) is 14.2. The maximum Gasteiger partial charge on any atom is 0.0532 e. The van der Waals surface area contributed by atoms with Crippen LogP contribution in [0.4, 0.5) is 45.5 Å². The Kier molecular flexibility index (Phi) is 15.4. The summed E-state index contributed by atoms with van der Waals surface area (Å²) in [5, 5.41) is 15.6. The van der Waals surface area contributed by atoms with E-state index in [1.807, 2.05) is 47.0 Å². The molecule has 81 heavy (non-hydrogen) atoms. The molecular weight excluding hydrogens is 1080 g/mol. The van der Waals surface area contributed by atoms with Crippen molar-refractivity contribution in [1.82, 2.24) is 0 Å². The van der Waals surface area contributed by atoms with Gasteiger partial charge in [-0.05, 0) is 116 Å². The molecule has 0 unspecified atom stereocenters. The number of hydrogen-bond acceptors (Lipinski definition) is 8. The first kappa shape index (κ1) is 51.9. The van der Waals surface area contributed by atoms with E-state index in [0.717, 1.165) is 10.2 Å². The van der Waals surface area contributed by atoms with Crippen LogP contribution in [0.5, 0.6) is 0 Å². The predicted molar refractivity (Wildman–Crippen MR) is 352 cm³/mol. The summed E-state index contributed by atoms with van der Waals surface area (Å²) >= 11 is 7.40. The topological polar surface area (TPSA) is 48.1 Å². The fourth-order valence-corrected chi connectivity index (χ4v) is 15.5. The minimum Gasteiger partial charge on any atom is -0.354 e. The summed E-state index contributed by atoms with van der Waals surface area (Å²) in [5.74, 6) is 0. The Morgan fingerprint density at radius 2 is 0.469 bits per heavy atom.